The fourth-order valence-corrected chi connectivity index (χ4v) is 5.02. The molecule has 0 atom stereocenters. The van der Waals surface area contributed by atoms with Crippen LogP contribution in [0, 0.1) is 0 Å². The first-order chi connectivity index (χ1) is 18.2. The molecule has 1 aliphatic rings. The van der Waals surface area contributed by atoms with Gasteiger partial charge in [-0.15, -0.1) is 0 Å². The Morgan fingerprint density at radius 3 is 2.32 bits per heavy atom. The molecule has 2 aromatic heterocycles. The summed E-state index contributed by atoms with van der Waals surface area (Å²) in [4.78, 5) is 14.9. The van der Waals surface area contributed by atoms with Crippen molar-refractivity contribution < 1.29 is 5.11 Å². The van der Waals surface area contributed by atoms with Gasteiger partial charge in [-0.2, -0.15) is 5.10 Å². The SMILES string of the molecule is Oc1ccccc1CN1CCCN(c2nc(Cc3ccccc3)nc3c2cnn3-c2ccccc2)CC1. The minimum absolute atomic E-state index is 0.361. The lowest BCUT2D eigenvalue weighted by Gasteiger charge is -2.24. The summed E-state index contributed by atoms with van der Waals surface area (Å²) in [5, 5.41) is 15.9. The van der Waals surface area contributed by atoms with Crippen LogP contribution in [0.25, 0.3) is 16.7 Å². The van der Waals surface area contributed by atoms with Gasteiger partial charge in [-0.3, -0.25) is 4.90 Å². The molecule has 37 heavy (non-hydrogen) atoms. The standard InChI is InChI=1S/C30H30N6O/c37-27-15-8-7-12-24(27)22-34-16-9-17-35(19-18-34)29-26-21-31-36(25-13-5-2-6-14-25)30(26)33-28(32-29)20-23-10-3-1-4-11-23/h1-8,10-15,21,37H,9,16-20,22H2. The second kappa shape index (κ2) is 10.4. The predicted octanol–water partition coefficient (Wildman–Crippen LogP) is 4.82. The van der Waals surface area contributed by atoms with Crippen molar-refractivity contribution in [3.05, 3.63) is 108 Å². The van der Waals surface area contributed by atoms with E-state index in [0.29, 0.717) is 12.2 Å². The van der Waals surface area contributed by atoms with Crippen molar-refractivity contribution in [2.24, 2.45) is 0 Å². The van der Waals surface area contributed by atoms with Gasteiger partial charge in [0.05, 0.1) is 17.3 Å². The molecule has 1 N–H and O–H groups in total. The van der Waals surface area contributed by atoms with Crippen LogP contribution < -0.4 is 4.90 Å². The summed E-state index contributed by atoms with van der Waals surface area (Å²) in [7, 11) is 0. The number of aromatic hydroxyl groups is 1. The van der Waals surface area contributed by atoms with Gasteiger partial charge < -0.3 is 10.0 Å². The lowest BCUT2D eigenvalue weighted by Crippen LogP contribution is -2.31. The van der Waals surface area contributed by atoms with E-state index in [-0.39, 0.29) is 0 Å². The topological polar surface area (TPSA) is 70.3 Å². The van der Waals surface area contributed by atoms with Crippen LogP contribution in [0.3, 0.4) is 0 Å². The van der Waals surface area contributed by atoms with Crippen LogP contribution in [0.15, 0.2) is 91.1 Å². The summed E-state index contributed by atoms with van der Waals surface area (Å²) in [6.07, 6.45) is 3.57. The van der Waals surface area contributed by atoms with E-state index >= 15 is 0 Å². The molecular weight excluding hydrogens is 460 g/mol. The number of hydrogen-bond acceptors (Lipinski definition) is 6. The first kappa shape index (κ1) is 23.2. The van der Waals surface area contributed by atoms with Gasteiger partial charge >= 0.3 is 0 Å². The number of para-hydroxylation sites is 2. The highest BCUT2D eigenvalue weighted by molar-refractivity contribution is 5.88. The fourth-order valence-electron chi connectivity index (χ4n) is 5.02. The average molecular weight is 491 g/mol. The average Bonchev–Trinajstić information content (AvgIpc) is 3.22. The van der Waals surface area contributed by atoms with Crippen LogP contribution >= 0.6 is 0 Å². The van der Waals surface area contributed by atoms with E-state index in [4.69, 9.17) is 15.1 Å². The Labute approximate surface area is 216 Å². The smallest absolute Gasteiger partial charge is 0.168 e. The fraction of sp³-hybridized carbons (Fsp3) is 0.233. The molecule has 186 valence electrons. The molecule has 1 fully saturated rings. The molecule has 0 aliphatic carbocycles. The maximum Gasteiger partial charge on any atom is 0.168 e. The minimum atomic E-state index is 0.361. The maximum absolute atomic E-state index is 10.2. The van der Waals surface area contributed by atoms with Crippen LogP contribution in [-0.4, -0.2) is 55.9 Å². The van der Waals surface area contributed by atoms with Gasteiger partial charge in [-0.1, -0.05) is 66.7 Å². The number of hydrogen-bond donors (Lipinski definition) is 1. The third-order valence-corrected chi connectivity index (χ3v) is 6.93. The Morgan fingerprint density at radius 2 is 1.51 bits per heavy atom. The van der Waals surface area contributed by atoms with Crippen LogP contribution in [0.1, 0.15) is 23.4 Å². The largest absolute Gasteiger partial charge is 0.508 e. The first-order valence-corrected chi connectivity index (χ1v) is 12.8. The predicted molar refractivity (Wildman–Crippen MR) is 146 cm³/mol. The molecule has 0 spiro atoms. The summed E-state index contributed by atoms with van der Waals surface area (Å²) in [5.41, 5.74) is 3.97. The van der Waals surface area contributed by atoms with Crippen LogP contribution in [0.5, 0.6) is 5.75 Å². The van der Waals surface area contributed by atoms with Gasteiger partial charge in [0.1, 0.15) is 17.4 Å². The van der Waals surface area contributed by atoms with Gasteiger partial charge in [0.25, 0.3) is 0 Å². The van der Waals surface area contributed by atoms with E-state index in [1.165, 1.54) is 5.56 Å². The molecule has 6 rings (SSSR count). The molecule has 0 saturated carbocycles. The van der Waals surface area contributed by atoms with Crippen LogP contribution in [0.4, 0.5) is 5.82 Å². The monoisotopic (exact) mass is 490 g/mol. The minimum Gasteiger partial charge on any atom is -0.508 e. The number of aromatic nitrogens is 4. The van der Waals surface area contributed by atoms with Crippen molar-refractivity contribution in [3.63, 3.8) is 0 Å². The van der Waals surface area contributed by atoms with E-state index in [0.717, 1.165) is 73.1 Å². The number of benzene rings is 3. The van der Waals surface area contributed by atoms with E-state index in [1.807, 2.05) is 65.5 Å². The summed E-state index contributed by atoms with van der Waals surface area (Å²) in [6, 6.07) is 28.1. The number of fused-ring (bicyclic) bond motifs is 1. The Bertz CT molecular complexity index is 1480. The normalized spacial score (nSPS) is 14.6. The van der Waals surface area contributed by atoms with Crippen molar-refractivity contribution in [2.75, 3.05) is 31.1 Å². The molecule has 3 heterocycles. The van der Waals surface area contributed by atoms with Crippen molar-refractivity contribution in [1.29, 1.82) is 0 Å². The maximum atomic E-state index is 10.2. The van der Waals surface area contributed by atoms with Crippen molar-refractivity contribution in [3.8, 4) is 11.4 Å². The second-order valence-electron chi connectivity index (χ2n) is 9.50. The zero-order valence-corrected chi connectivity index (χ0v) is 20.7. The highest BCUT2D eigenvalue weighted by atomic mass is 16.3. The van der Waals surface area contributed by atoms with Gasteiger partial charge in [-0.25, -0.2) is 14.6 Å². The highest BCUT2D eigenvalue weighted by Gasteiger charge is 2.22. The van der Waals surface area contributed by atoms with E-state index < -0.39 is 0 Å². The zero-order chi connectivity index (χ0) is 25.0. The summed E-state index contributed by atoms with van der Waals surface area (Å²) in [6.45, 7) is 4.36. The molecule has 5 aromatic rings. The molecular formula is C30H30N6O. The Hall–Kier alpha value is -4.23. The highest BCUT2D eigenvalue weighted by Crippen LogP contribution is 2.28. The molecule has 7 nitrogen and oxygen atoms in total. The molecule has 0 unspecified atom stereocenters. The van der Waals surface area contributed by atoms with Crippen LogP contribution in [0.2, 0.25) is 0 Å². The molecule has 3 aromatic carbocycles. The van der Waals surface area contributed by atoms with Gasteiger partial charge in [0.2, 0.25) is 0 Å². The molecule has 0 amide bonds. The van der Waals surface area contributed by atoms with Crippen molar-refractivity contribution in [1.82, 2.24) is 24.6 Å². The Morgan fingerprint density at radius 1 is 0.757 bits per heavy atom. The lowest BCUT2D eigenvalue weighted by molar-refractivity contribution is 0.281. The molecule has 0 radical (unpaired) electrons. The number of rotatable bonds is 6. The van der Waals surface area contributed by atoms with E-state index in [9.17, 15) is 5.11 Å². The Kier molecular flexibility index (Phi) is 6.52. The quantitative estimate of drug-likeness (QED) is 0.368. The Balaban J connectivity index is 1.33. The summed E-state index contributed by atoms with van der Waals surface area (Å²) < 4.78 is 1.91. The first-order valence-electron chi connectivity index (χ1n) is 12.8. The van der Waals surface area contributed by atoms with Crippen LogP contribution in [-0.2, 0) is 13.0 Å². The molecule has 1 saturated heterocycles. The molecule has 0 bridgehead atoms. The van der Waals surface area contributed by atoms with Crippen molar-refractivity contribution >= 4 is 16.9 Å². The number of phenolic OH excluding ortho intramolecular Hbond substituents is 1. The third kappa shape index (κ3) is 5.04. The number of phenols is 1. The summed E-state index contributed by atoms with van der Waals surface area (Å²) in [5.74, 6) is 2.10. The zero-order valence-electron chi connectivity index (χ0n) is 20.7. The number of nitrogens with zero attached hydrogens (tertiary/aromatic N) is 6. The molecule has 1 aliphatic heterocycles. The van der Waals surface area contributed by atoms with Crippen molar-refractivity contribution in [2.45, 2.75) is 19.4 Å². The van der Waals surface area contributed by atoms with E-state index in [2.05, 4.69) is 34.1 Å². The molecule has 7 heteroatoms. The van der Waals surface area contributed by atoms with E-state index in [1.54, 1.807) is 6.07 Å². The van der Waals surface area contributed by atoms with Gasteiger partial charge in [0.15, 0.2) is 5.65 Å². The second-order valence-corrected chi connectivity index (χ2v) is 9.50. The lowest BCUT2D eigenvalue weighted by atomic mass is 10.1. The third-order valence-electron chi connectivity index (χ3n) is 6.93. The summed E-state index contributed by atoms with van der Waals surface area (Å²) >= 11 is 0. The van der Waals surface area contributed by atoms with Gasteiger partial charge in [-0.05, 0) is 30.2 Å². The van der Waals surface area contributed by atoms with Gasteiger partial charge in [0, 0.05) is 44.7 Å². The number of anilines is 1.